The SMILES string of the molecule is CC(O)(CNC(=O)c1cc(-c2ccc(Cl)cc2)on1)c1ccc(F)cc1. The molecule has 0 saturated carbocycles. The topological polar surface area (TPSA) is 75.4 Å². The van der Waals surface area contributed by atoms with E-state index in [1.807, 2.05) is 0 Å². The molecule has 0 fully saturated rings. The maximum Gasteiger partial charge on any atom is 0.273 e. The molecule has 1 atom stereocenters. The van der Waals surface area contributed by atoms with Crippen LogP contribution in [-0.2, 0) is 5.60 Å². The van der Waals surface area contributed by atoms with Crippen molar-refractivity contribution in [3.8, 4) is 11.3 Å². The number of hydrogen-bond acceptors (Lipinski definition) is 4. The molecule has 1 unspecified atom stereocenters. The molecule has 26 heavy (non-hydrogen) atoms. The summed E-state index contributed by atoms with van der Waals surface area (Å²) in [5.74, 6) is -0.459. The average molecular weight is 375 g/mol. The lowest BCUT2D eigenvalue weighted by Crippen LogP contribution is -2.38. The quantitative estimate of drug-likeness (QED) is 0.712. The van der Waals surface area contributed by atoms with Crippen LogP contribution in [0.3, 0.4) is 0 Å². The van der Waals surface area contributed by atoms with Gasteiger partial charge in [0.05, 0.1) is 6.54 Å². The Hall–Kier alpha value is -2.70. The lowest BCUT2D eigenvalue weighted by Gasteiger charge is -2.24. The highest BCUT2D eigenvalue weighted by Gasteiger charge is 2.25. The number of aromatic nitrogens is 1. The van der Waals surface area contributed by atoms with Gasteiger partial charge in [-0.05, 0) is 48.9 Å². The van der Waals surface area contributed by atoms with Crippen LogP contribution in [-0.4, -0.2) is 22.7 Å². The van der Waals surface area contributed by atoms with Crippen molar-refractivity contribution in [2.45, 2.75) is 12.5 Å². The summed E-state index contributed by atoms with van der Waals surface area (Å²) in [4.78, 5) is 12.2. The van der Waals surface area contributed by atoms with Gasteiger partial charge in [0, 0.05) is 16.7 Å². The van der Waals surface area contributed by atoms with Crippen molar-refractivity contribution in [3.63, 3.8) is 0 Å². The van der Waals surface area contributed by atoms with Gasteiger partial charge < -0.3 is 14.9 Å². The molecule has 0 aliphatic rings. The summed E-state index contributed by atoms with van der Waals surface area (Å²) in [7, 11) is 0. The van der Waals surface area contributed by atoms with Crippen molar-refractivity contribution in [1.82, 2.24) is 10.5 Å². The molecule has 0 aliphatic carbocycles. The first kappa shape index (κ1) is 18.1. The highest BCUT2D eigenvalue weighted by atomic mass is 35.5. The molecule has 2 aromatic carbocycles. The average Bonchev–Trinajstić information content (AvgIpc) is 3.11. The van der Waals surface area contributed by atoms with Crippen molar-refractivity contribution in [2.24, 2.45) is 0 Å². The Labute approximate surface area is 154 Å². The van der Waals surface area contributed by atoms with E-state index in [-0.39, 0.29) is 12.2 Å². The van der Waals surface area contributed by atoms with E-state index < -0.39 is 17.3 Å². The highest BCUT2D eigenvalue weighted by Crippen LogP contribution is 2.23. The van der Waals surface area contributed by atoms with Crippen LogP contribution < -0.4 is 5.32 Å². The van der Waals surface area contributed by atoms with Crippen molar-refractivity contribution < 1.29 is 18.8 Å². The van der Waals surface area contributed by atoms with E-state index in [1.54, 1.807) is 24.3 Å². The smallest absolute Gasteiger partial charge is 0.273 e. The second-order valence-corrected chi connectivity index (χ2v) is 6.48. The minimum absolute atomic E-state index is 0.0688. The summed E-state index contributed by atoms with van der Waals surface area (Å²) in [5, 5.41) is 17.4. The van der Waals surface area contributed by atoms with E-state index >= 15 is 0 Å². The summed E-state index contributed by atoms with van der Waals surface area (Å²) in [6, 6.07) is 13.9. The Kier molecular flexibility index (Phi) is 5.06. The molecule has 5 nitrogen and oxygen atoms in total. The molecule has 1 aromatic heterocycles. The number of hydrogen-bond donors (Lipinski definition) is 2. The van der Waals surface area contributed by atoms with E-state index in [2.05, 4.69) is 10.5 Å². The Bertz CT molecular complexity index is 905. The predicted molar refractivity (Wildman–Crippen MR) is 95.3 cm³/mol. The van der Waals surface area contributed by atoms with Crippen molar-refractivity contribution in [1.29, 1.82) is 0 Å². The predicted octanol–water partition coefficient (Wildman–Crippen LogP) is 3.77. The standard InChI is InChI=1S/C19H16ClFN2O3/c1-19(25,13-4-8-15(21)9-5-13)11-22-18(24)16-10-17(26-23-16)12-2-6-14(20)7-3-12/h2-10,25H,11H2,1H3,(H,22,24). The van der Waals surface area contributed by atoms with Gasteiger partial charge >= 0.3 is 0 Å². The van der Waals surface area contributed by atoms with E-state index in [4.69, 9.17) is 16.1 Å². The number of carbonyl (C=O) groups excluding carboxylic acids is 1. The molecule has 134 valence electrons. The summed E-state index contributed by atoms with van der Waals surface area (Å²) < 4.78 is 18.2. The molecule has 0 aliphatic heterocycles. The summed E-state index contributed by atoms with van der Waals surface area (Å²) >= 11 is 5.84. The number of amides is 1. The summed E-state index contributed by atoms with van der Waals surface area (Å²) in [6.45, 7) is 1.46. The van der Waals surface area contributed by atoms with E-state index in [0.717, 1.165) is 5.56 Å². The molecule has 2 N–H and O–H groups in total. The first-order valence-corrected chi connectivity index (χ1v) is 8.22. The van der Waals surface area contributed by atoms with Crippen LogP contribution >= 0.6 is 11.6 Å². The number of nitrogens with one attached hydrogen (secondary N) is 1. The number of aliphatic hydroxyl groups is 1. The normalized spacial score (nSPS) is 13.2. The Balaban J connectivity index is 1.67. The summed E-state index contributed by atoms with van der Waals surface area (Å²) in [6.07, 6.45) is 0. The lowest BCUT2D eigenvalue weighted by atomic mass is 9.96. The van der Waals surface area contributed by atoms with Gasteiger partial charge in [-0.15, -0.1) is 0 Å². The van der Waals surface area contributed by atoms with Gasteiger partial charge in [0.25, 0.3) is 5.91 Å². The highest BCUT2D eigenvalue weighted by molar-refractivity contribution is 6.30. The largest absolute Gasteiger partial charge is 0.384 e. The number of carbonyl (C=O) groups is 1. The monoisotopic (exact) mass is 374 g/mol. The second-order valence-electron chi connectivity index (χ2n) is 6.05. The maximum absolute atomic E-state index is 13.0. The van der Waals surface area contributed by atoms with Crippen LogP contribution in [0.15, 0.2) is 59.1 Å². The van der Waals surface area contributed by atoms with Crippen LogP contribution in [0.2, 0.25) is 5.02 Å². The third-order valence-corrected chi connectivity index (χ3v) is 4.18. The van der Waals surface area contributed by atoms with Gasteiger partial charge in [-0.2, -0.15) is 0 Å². The zero-order valence-corrected chi connectivity index (χ0v) is 14.6. The number of benzene rings is 2. The first-order chi connectivity index (χ1) is 12.3. The first-order valence-electron chi connectivity index (χ1n) is 7.84. The second kappa shape index (κ2) is 7.27. The third-order valence-electron chi connectivity index (χ3n) is 3.93. The van der Waals surface area contributed by atoms with Gasteiger partial charge in [-0.25, -0.2) is 4.39 Å². The van der Waals surface area contributed by atoms with Gasteiger partial charge in [0.15, 0.2) is 11.5 Å². The van der Waals surface area contributed by atoms with Gasteiger partial charge in [0.1, 0.15) is 11.4 Å². The molecule has 7 heteroatoms. The fourth-order valence-corrected chi connectivity index (χ4v) is 2.51. The van der Waals surface area contributed by atoms with Crippen LogP contribution in [0.25, 0.3) is 11.3 Å². The van der Waals surface area contributed by atoms with Gasteiger partial charge in [0.2, 0.25) is 0 Å². The third kappa shape index (κ3) is 4.09. The lowest BCUT2D eigenvalue weighted by molar-refractivity contribution is 0.0523. The summed E-state index contributed by atoms with van der Waals surface area (Å²) in [5.41, 5.74) is -0.0446. The number of halogens is 2. The fraction of sp³-hybridized carbons (Fsp3) is 0.158. The van der Waals surface area contributed by atoms with E-state index in [1.165, 1.54) is 37.3 Å². The zero-order valence-electron chi connectivity index (χ0n) is 13.9. The zero-order chi connectivity index (χ0) is 18.7. The molecular weight excluding hydrogens is 359 g/mol. The number of rotatable bonds is 5. The molecule has 1 amide bonds. The molecular formula is C19H16ClFN2O3. The Morgan fingerprint density at radius 1 is 1.23 bits per heavy atom. The van der Waals surface area contributed by atoms with Crippen LogP contribution in [0.4, 0.5) is 4.39 Å². The van der Waals surface area contributed by atoms with Crippen LogP contribution in [0, 0.1) is 5.82 Å². The van der Waals surface area contributed by atoms with Crippen molar-refractivity contribution in [2.75, 3.05) is 6.54 Å². The minimum atomic E-state index is -1.36. The molecule has 3 aromatic rings. The Morgan fingerprint density at radius 3 is 2.54 bits per heavy atom. The molecule has 0 bridgehead atoms. The number of nitrogens with zero attached hydrogens (tertiary/aromatic N) is 1. The van der Waals surface area contributed by atoms with Gasteiger partial charge in [-0.3, -0.25) is 4.79 Å². The van der Waals surface area contributed by atoms with Crippen LogP contribution in [0.1, 0.15) is 23.0 Å². The molecule has 0 spiro atoms. The molecule has 3 rings (SSSR count). The Morgan fingerprint density at radius 2 is 1.88 bits per heavy atom. The van der Waals surface area contributed by atoms with Crippen molar-refractivity contribution in [3.05, 3.63) is 76.7 Å². The van der Waals surface area contributed by atoms with Crippen molar-refractivity contribution >= 4 is 17.5 Å². The van der Waals surface area contributed by atoms with E-state index in [0.29, 0.717) is 16.3 Å². The van der Waals surface area contributed by atoms with Gasteiger partial charge in [-0.1, -0.05) is 28.9 Å². The van der Waals surface area contributed by atoms with Crippen LogP contribution in [0.5, 0.6) is 0 Å². The molecule has 0 radical (unpaired) electrons. The molecule has 1 heterocycles. The fourth-order valence-electron chi connectivity index (χ4n) is 2.39. The minimum Gasteiger partial charge on any atom is -0.384 e. The molecule has 0 saturated heterocycles. The van der Waals surface area contributed by atoms with E-state index in [9.17, 15) is 14.3 Å². The maximum atomic E-state index is 13.0.